The number of piperidine rings is 1. The fraction of sp³-hybridized carbons (Fsp3) is 0.421. The largest absolute Gasteiger partial charge is 0.396 e. The Morgan fingerprint density at radius 3 is 2.58 bits per heavy atom. The highest BCUT2D eigenvalue weighted by molar-refractivity contribution is 7.99. The van der Waals surface area contributed by atoms with Crippen LogP contribution >= 0.6 is 11.8 Å². The lowest BCUT2D eigenvalue weighted by atomic mass is 10.0. The van der Waals surface area contributed by atoms with Crippen molar-refractivity contribution >= 4 is 23.3 Å². The Hall–Kier alpha value is -1.72. The number of anilines is 2. The molecule has 0 amide bonds. The third kappa shape index (κ3) is 4.89. The zero-order valence-electron chi connectivity index (χ0n) is 13.9. The van der Waals surface area contributed by atoms with Gasteiger partial charge in [0.05, 0.1) is 0 Å². The summed E-state index contributed by atoms with van der Waals surface area (Å²) < 4.78 is 0. The van der Waals surface area contributed by atoms with Gasteiger partial charge in [0.2, 0.25) is 0 Å². The Morgan fingerprint density at radius 2 is 1.92 bits per heavy atom. The van der Waals surface area contributed by atoms with Crippen molar-refractivity contribution in [2.45, 2.75) is 30.2 Å². The first-order valence-corrected chi connectivity index (χ1v) is 9.60. The average molecular weight is 343 g/mol. The highest BCUT2D eigenvalue weighted by Gasteiger charge is 2.19. The highest BCUT2D eigenvalue weighted by atomic mass is 32.2. The summed E-state index contributed by atoms with van der Waals surface area (Å²) in [4.78, 5) is 8.06. The Labute approximate surface area is 148 Å². The predicted octanol–water partition coefficient (Wildman–Crippen LogP) is 3.64. The first-order valence-electron chi connectivity index (χ1n) is 8.61. The lowest BCUT2D eigenvalue weighted by molar-refractivity contribution is 0.296. The van der Waals surface area contributed by atoms with E-state index in [4.69, 9.17) is 5.11 Å². The van der Waals surface area contributed by atoms with Gasteiger partial charge in [-0.05, 0) is 55.7 Å². The van der Waals surface area contributed by atoms with Crippen LogP contribution in [0.25, 0.3) is 0 Å². The molecule has 1 saturated heterocycles. The van der Waals surface area contributed by atoms with Crippen molar-refractivity contribution in [3.8, 4) is 0 Å². The molecule has 1 aliphatic heterocycles. The van der Waals surface area contributed by atoms with E-state index in [2.05, 4.69) is 45.5 Å². The Kier molecular flexibility index (Phi) is 6.38. The molecule has 0 unspecified atom stereocenters. The highest BCUT2D eigenvalue weighted by Crippen LogP contribution is 2.23. The summed E-state index contributed by atoms with van der Waals surface area (Å²) in [5.74, 6) is 2.05. The number of aliphatic hydroxyl groups is 1. The van der Waals surface area contributed by atoms with Gasteiger partial charge in [-0.1, -0.05) is 6.07 Å². The zero-order chi connectivity index (χ0) is 16.6. The van der Waals surface area contributed by atoms with E-state index in [0.29, 0.717) is 6.04 Å². The monoisotopic (exact) mass is 343 g/mol. The van der Waals surface area contributed by atoms with E-state index in [9.17, 15) is 0 Å². The molecule has 1 aliphatic rings. The van der Waals surface area contributed by atoms with Crippen molar-refractivity contribution in [1.29, 1.82) is 0 Å². The lowest BCUT2D eigenvalue weighted by Crippen LogP contribution is -2.39. The molecule has 0 aliphatic carbocycles. The molecule has 2 heterocycles. The number of thioether (sulfide) groups is 1. The molecule has 0 radical (unpaired) electrons. The van der Waals surface area contributed by atoms with Gasteiger partial charge < -0.3 is 15.3 Å². The third-order valence-electron chi connectivity index (χ3n) is 4.26. The second kappa shape index (κ2) is 8.94. The average Bonchev–Trinajstić information content (AvgIpc) is 2.65. The summed E-state index contributed by atoms with van der Waals surface area (Å²) in [6.45, 7) is 2.36. The minimum Gasteiger partial charge on any atom is -0.396 e. The predicted molar refractivity (Wildman–Crippen MR) is 102 cm³/mol. The van der Waals surface area contributed by atoms with Crippen LogP contribution < -0.4 is 10.2 Å². The van der Waals surface area contributed by atoms with Crippen molar-refractivity contribution < 1.29 is 5.11 Å². The van der Waals surface area contributed by atoms with Gasteiger partial charge >= 0.3 is 0 Å². The molecule has 0 saturated carbocycles. The van der Waals surface area contributed by atoms with Crippen LogP contribution in [0.3, 0.4) is 0 Å². The molecule has 4 nitrogen and oxygen atoms in total. The van der Waals surface area contributed by atoms with E-state index in [1.807, 2.05) is 18.3 Å². The summed E-state index contributed by atoms with van der Waals surface area (Å²) in [5, 5.41) is 12.5. The number of rotatable bonds is 7. The van der Waals surface area contributed by atoms with Crippen LogP contribution in [0, 0.1) is 0 Å². The zero-order valence-corrected chi connectivity index (χ0v) is 14.7. The first-order chi connectivity index (χ1) is 11.8. The molecular formula is C19H25N3OS. The maximum atomic E-state index is 8.83. The molecule has 0 spiro atoms. The Balaban J connectivity index is 1.46. The Morgan fingerprint density at radius 1 is 1.12 bits per heavy atom. The summed E-state index contributed by atoms with van der Waals surface area (Å²) >= 11 is 1.80. The van der Waals surface area contributed by atoms with Crippen molar-refractivity contribution in [2.75, 3.05) is 35.7 Å². The van der Waals surface area contributed by atoms with Crippen LogP contribution in [0.15, 0.2) is 53.6 Å². The minimum atomic E-state index is 0.268. The topological polar surface area (TPSA) is 48.4 Å². The molecule has 0 bridgehead atoms. The molecule has 24 heavy (non-hydrogen) atoms. The van der Waals surface area contributed by atoms with Crippen molar-refractivity contribution in [3.63, 3.8) is 0 Å². The smallest absolute Gasteiger partial charge is 0.128 e. The van der Waals surface area contributed by atoms with Gasteiger partial charge in [-0.2, -0.15) is 0 Å². The molecule has 0 atom stereocenters. The molecule has 1 fully saturated rings. The molecule has 1 aromatic carbocycles. The quantitative estimate of drug-likeness (QED) is 0.594. The van der Waals surface area contributed by atoms with Crippen LogP contribution in [-0.4, -0.2) is 41.6 Å². The van der Waals surface area contributed by atoms with Gasteiger partial charge in [0.25, 0.3) is 0 Å². The van der Waals surface area contributed by atoms with Crippen molar-refractivity contribution in [2.24, 2.45) is 0 Å². The van der Waals surface area contributed by atoms with E-state index >= 15 is 0 Å². The number of nitrogens with one attached hydrogen (secondary N) is 1. The fourth-order valence-corrected chi connectivity index (χ4v) is 3.77. The third-order valence-corrected chi connectivity index (χ3v) is 5.36. The number of pyridine rings is 1. The number of aromatic nitrogens is 1. The maximum Gasteiger partial charge on any atom is 0.128 e. The van der Waals surface area contributed by atoms with Gasteiger partial charge in [-0.3, -0.25) is 0 Å². The van der Waals surface area contributed by atoms with E-state index < -0.39 is 0 Å². The van der Waals surface area contributed by atoms with Gasteiger partial charge in [0, 0.05) is 48.3 Å². The van der Waals surface area contributed by atoms with Crippen LogP contribution in [0.5, 0.6) is 0 Å². The normalized spacial score (nSPS) is 15.5. The molecule has 2 aromatic rings. The van der Waals surface area contributed by atoms with Gasteiger partial charge in [0.1, 0.15) is 5.82 Å². The van der Waals surface area contributed by atoms with Crippen molar-refractivity contribution in [1.82, 2.24) is 4.98 Å². The van der Waals surface area contributed by atoms with E-state index in [1.54, 1.807) is 11.8 Å². The summed E-state index contributed by atoms with van der Waals surface area (Å²) in [5.41, 5.74) is 1.19. The lowest BCUT2D eigenvalue weighted by Gasteiger charge is -2.33. The minimum absolute atomic E-state index is 0.268. The van der Waals surface area contributed by atoms with Crippen LogP contribution in [-0.2, 0) is 0 Å². The summed E-state index contributed by atoms with van der Waals surface area (Å²) in [6.07, 6.45) is 4.96. The number of nitrogens with zero attached hydrogens (tertiary/aromatic N) is 2. The number of hydrogen-bond acceptors (Lipinski definition) is 5. The summed E-state index contributed by atoms with van der Waals surface area (Å²) in [6, 6.07) is 15.3. The molecule has 1 aromatic heterocycles. The second-order valence-electron chi connectivity index (χ2n) is 6.04. The van der Waals surface area contributed by atoms with Gasteiger partial charge in [0.15, 0.2) is 0 Å². The van der Waals surface area contributed by atoms with Crippen LogP contribution in [0.1, 0.15) is 19.3 Å². The molecule has 2 N–H and O–H groups in total. The standard InChI is InChI=1S/C19H25N3OS/c23-14-3-15-24-18-7-5-16(6-8-18)21-17-9-12-22(13-10-17)19-4-1-2-11-20-19/h1-2,4-8,11,17,21,23H,3,9-10,12-15H2. The maximum absolute atomic E-state index is 8.83. The van der Waals surface area contributed by atoms with Crippen molar-refractivity contribution in [3.05, 3.63) is 48.7 Å². The van der Waals surface area contributed by atoms with E-state index in [1.165, 1.54) is 10.6 Å². The first kappa shape index (κ1) is 17.1. The number of aliphatic hydroxyl groups excluding tert-OH is 1. The van der Waals surface area contributed by atoms with Gasteiger partial charge in [-0.25, -0.2) is 4.98 Å². The molecule has 5 heteroatoms. The summed E-state index contributed by atoms with van der Waals surface area (Å²) in [7, 11) is 0. The molecular weight excluding hydrogens is 318 g/mol. The Bertz CT molecular complexity index is 598. The van der Waals surface area contributed by atoms with E-state index in [-0.39, 0.29) is 6.61 Å². The second-order valence-corrected chi connectivity index (χ2v) is 7.21. The molecule has 128 valence electrons. The SMILES string of the molecule is OCCCSc1ccc(NC2CCN(c3ccccn3)CC2)cc1. The van der Waals surface area contributed by atoms with Crippen LogP contribution in [0.4, 0.5) is 11.5 Å². The van der Waals surface area contributed by atoms with Gasteiger partial charge in [-0.15, -0.1) is 11.8 Å². The van der Waals surface area contributed by atoms with E-state index in [0.717, 1.165) is 43.9 Å². The number of benzene rings is 1. The molecule has 3 rings (SSSR count). The number of hydrogen-bond donors (Lipinski definition) is 2. The fourth-order valence-electron chi connectivity index (χ4n) is 2.93. The van der Waals surface area contributed by atoms with Crippen LogP contribution in [0.2, 0.25) is 0 Å².